The van der Waals surface area contributed by atoms with Crippen LogP contribution in [0.25, 0.3) is 0 Å². The Hall–Kier alpha value is -1.59. The highest BCUT2D eigenvalue weighted by Gasteiger charge is 2.19. The average Bonchev–Trinajstić information content (AvgIpc) is 2.52. The van der Waals surface area contributed by atoms with Crippen LogP contribution in [0.4, 0.5) is 0 Å². The van der Waals surface area contributed by atoms with Crippen LogP contribution in [0, 0.1) is 0 Å². The maximum Gasteiger partial charge on any atom is 0.239 e. The van der Waals surface area contributed by atoms with Crippen LogP contribution in [0.3, 0.4) is 0 Å². The number of methoxy groups -OCH3 is 2. The highest BCUT2D eigenvalue weighted by molar-refractivity contribution is 5.81. The molecule has 1 aromatic rings. The largest absolute Gasteiger partial charge is 0.497 e. The Balaban J connectivity index is 2.57. The minimum Gasteiger partial charge on any atom is -0.497 e. The smallest absolute Gasteiger partial charge is 0.239 e. The molecule has 1 rings (SSSR count). The number of rotatable bonds is 9. The van der Waals surface area contributed by atoms with E-state index in [2.05, 4.69) is 0 Å². The van der Waals surface area contributed by atoms with Crippen molar-refractivity contribution in [3.05, 3.63) is 29.8 Å². The number of amides is 1. The summed E-state index contributed by atoms with van der Waals surface area (Å²) in [6, 6.07) is 7.26. The van der Waals surface area contributed by atoms with Crippen LogP contribution < -0.4 is 10.5 Å². The lowest BCUT2D eigenvalue weighted by molar-refractivity contribution is -0.133. The molecule has 5 nitrogen and oxygen atoms in total. The number of carbonyl (C=O) groups excluding carboxylic acids is 1. The summed E-state index contributed by atoms with van der Waals surface area (Å²) in [7, 11) is 3.28. The van der Waals surface area contributed by atoms with Crippen LogP contribution in [0.5, 0.6) is 5.75 Å². The van der Waals surface area contributed by atoms with Crippen LogP contribution in [0.15, 0.2) is 24.3 Å². The number of nitrogens with two attached hydrogens (primary N) is 1. The average molecular weight is 294 g/mol. The summed E-state index contributed by atoms with van der Waals surface area (Å²) in [4.78, 5) is 14.1. The Morgan fingerprint density at radius 1 is 1.29 bits per heavy atom. The van der Waals surface area contributed by atoms with Gasteiger partial charge >= 0.3 is 0 Å². The molecule has 0 saturated heterocycles. The molecular weight excluding hydrogens is 268 g/mol. The third kappa shape index (κ3) is 5.73. The molecule has 0 aromatic heterocycles. The molecule has 0 saturated carbocycles. The Morgan fingerprint density at radius 2 is 1.95 bits per heavy atom. The van der Waals surface area contributed by atoms with Gasteiger partial charge in [-0.1, -0.05) is 12.1 Å². The predicted octanol–water partition coefficient (Wildman–Crippen LogP) is 1.80. The predicted molar refractivity (Wildman–Crippen MR) is 83.2 cm³/mol. The third-order valence-corrected chi connectivity index (χ3v) is 3.41. The summed E-state index contributed by atoms with van der Waals surface area (Å²) in [5, 5.41) is 0. The van der Waals surface area contributed by atoms with Gasteiger partial charge in [-0.3, -0.25) is 4.79 Å². The van der Waals surface area contributed by atoms with Crippen molar-refractivity contribution >= 4 is 5.91 Å². The first-order valence-electron chi connectivity index (χ1n) is 7.28. The summed E-state index contributed by atoms with van der Waals surface area (Å²) in [6.45, 7) is 3.80. The third-order valence-electron chi connectivity index (χ3n) is 3.41. The first kappa shape index (κ1) is 17.5. The van der Waals surface area contributed by atoms with Gasteiger partial charge in [0.1, 0.15) is 5.75 Å². The molecule has 0 radical (unpaired) electrons. The highest BCUT2D eigenvalue weighted by Crippen LogP contribution is 2.13. The van der Waals surface area contributed by atoms with Crippen molar-refractivity contribution in [1.82, 2.24) is 4.90 Å². The molecule has 0 heterocycles. The zero-order valence-corrected chi connectivity index (χ0v) is 13.2. The number of benzene rings is 1. The maximum atomic E-state index is 12.3. The minimum atomic E-state index is -0.460. The second-order valence-electron chi connectivity index (χ2n) is 4.94. The fraction of sp³-hybridized carbons (Fsp3) is 0.562. The van der Waals surface area contributed by atoms with Crippen molar-refractivity contribution in [2.24, 2.45) is 5.73 Å². The standard InChI is InChI=1S/C16H26N2O3/c1-4-18(16(19)15(17)6-5-11-20-2)12-13-7-9-14(21-3)10-8-13/h7-10,15H,4-6,11-12,17H2,1-3H3. The van der Waals surface area contributed by atoms with Gasteiger partial charge in [0.2, 0.25) is 5.91 Å². The van der Waals surface area contributed by atoms with Gasteiger partial charge in [0, 0.05) is 26.8 Å². The molecule has 5 heteroatoms. The van der Waals surface area contributed by atoms with Crippen molar-refractivity contribution in [3.63, 3.8) is 0 Å². The molecule has 0 aliphatic heterocycles. The molecule has 0 spiro atoms. The van der Waals surface area contributed by atoms with Crippen LogP contribution in [-0.4, -0.2) is 44.2 Å². The fourth-order valence-electron chi connectivity index (χ4n) is 2.10. The Bertz CT molecular complexity index is 420. The second kappa shape index (κ2) is 9.37. The van der Waals surface area contributed by atoms with E-state index in [1.54, 1.807) is 19.1 Å². The van der Waals surface area contributed by atoms with Gasteiger partial charge in [-0.2, -0.15) is 0 Å². The lowest BCUT2D eigenvalue weighted by Gasteiger charge is -2.24. The first-order chi connectivity index (χ1) is 10.1. The second-order valence-corrected chi connectivity index (χ2v) is 4.94. The fourth-order valence-corrected chi connectivity index (χ4v) is 2.10. The van der Waals surface area contributed by atoms with Gasteiger partial charge in [-0.15, -0.1) is 0 Å². The molecule has 118 valence electrons. The summed E-state index contributed by atoms with van der Waals surface area (Å²) in [6.07, 6.45) is 1.44. The Labute approximate surface area is 127 Å². The van der Waals surface area contributed by atoms with E-state index in [0.29, 0.717) is 26.1 Å². The number of ether oxygens (including phenoxy) is 2. The van der Waals surface area contributed by atoms with E-state index < -0.39 is 6.04 Å². The first-order valence-corrected chi connectivity index (χ1v) is 7.28. The summed E-state index contributed by atoms with van der Waals surface area (Å²) >= 11 is 0. The zero-order valence-electron chi connectivity index (χ0n) is 13.2. The molecule has 2 N–H and O–H groups in total. The van der Waals surface area contributed by atoms with Crippen molar-refractivity contribution in [3.8, 4) is 5.75 Å². The zero-order chi connectivity index (χ0) is 15.7. The van der Waals surface area contributed by atoms with Gasteiger partial charge in [0.25, 0.3) is 0 Å². The van der Waals surface area contributed by atoms with Gasteiger partial charge < -0.3 is 20.1 Å². The van der Waals surface area contributed by atoms with E-state index in [0.717, 1.165) is 17.7 Å². The number of nitrogens with zero attached hydrogens (tertiary/aromatic N) is 1. The normalized spacial score (nSPS) is 12.0. The van der Waals surface area contributed by atoms with Gasteiger partial charge in [-0.05, 0) is 37.5 Å². The van der Waals surface area contributed by atoms with Crippen molar-refractivity contribution in [2.75, 3.05) is 27.4 Å². The summed E-state index contributed by atoms with van der Waals surface area (Å²) in [5.41, 5.74) is 7.03. The molecule has 1 atom stereocenters. The molecule has 0 fully saturated rings. The Kier molecular flexibility index (Phi) is 7.79. The number of hydrogen-bond donors (Lipinski definition) is 1. The lowest BCUT2D eigenvalue weighted by atomic mass is 10.1. The van der Waals surface area contributed by atoms with Gasteiger partial charge in [0.05, 0.1) is 13.2 Å². The van der Waals surface area contributed by atoms with E-state index in [4.69, 9.17) is 15.2 Å². The molecule has 21 heavy (non-hydrogen) atoms. The van der Waals surface area contributed by atoms with Crippen LogP contribution in [0.1, 0.15) is 25.3 Å². The van der Waals surface area contributed by atoms with Gasteiger partial charge in [0.15, 0.2) is 0 Å². The van der Waals surface area contributed by atoms with E-state index in [1.165, 1.54) is 0 Å². The molecule has 0 bridgehead atoms. The molecule has 1 aromatic carbocycles. The maximum absolute atomic E-state index is 12.3. The molecule has 1 amide bonds. The summed E-state index contributed by atoms with van der Waals surface area (Å²) in [5.74, 6) is 0.800. The van der Waals surface area contributed by atoms with E-state index in [9.17, 15) is 4.79 Å². The monoisotopic (exact) mass is 294 g/mol. The lowest BCUT2D eigenvalue weighted by Crippen LogP contribution is -2.43. The quantitative estimate of drug-likeness (QED) is 0.705. The Morgan fingerprint density at radius 3 is 2.48 bits per heavy atom. The number of carbonyl (C=O) groups is 1. The van der Waals surface area contributed by atoms with Crippen LogP contribution in [-0.2, 0) is 16.1 Å². The van der Waals surface area contributed by atoms with Crippen LogP contribution in [0.2, 0.25) is 0 Å². The summed E-state index contributed by atoms with van der Waals surface area (Å²) < 4.78 is 10.1. The molecule has 1 unspecified atom stereocenters. The SMILES string of the molecule is CCN(Cc1ccc(OC)cc1)C(=O)C(N)CCCOC. The van der Waals surface area contributed by atoms with Crippen molar-refractivity contribution in [1.29, 1.82) is 0 Å². The van der Waals surface area contributed by atoms with Crippen molar-refractivity contribution < 1.29 is 14.3 Å². The van der Waals surface area contributed by atoms with E-state index in [1.807, 2.05) is 31.2 Å². The molecule has 0 aliphatic carbocycles. The number of likely N-dealkylation sites (N-methyl/N-ethyl adjacent to an activating group) is 1. The molecule has 0 aliphatic rings. The van der Waals surface area contributed by atoms with Gasteiger partial charge in [-0.25, -0.2) is 0 Å². The van der Waals surface area contributed by atoms with E-state index in [-0.39, 0.29) is 5.91 Å². The minimum absolute atomic E-state index is 0.00980. The van der Waals surface area contributed by atoms with E-state index >= 15 is 0 Å². The van der Waals surface area contributed by atoms with Crippen molar-refractivity contribution in [2.45, 2.75) is 32.4 Å². The number of hydrogen-bond acceptors (Lipinski definition) is 4. The topological polar surface area (TPSA) is 64.8 Å². The van der Waals surface area contributed by atoms with Crippen LogP contribution >= 0.6 is 0 Å². The highest BCUT2D eigenvalue weighted by atomic mass is 16.5. The molecular formula is C16H26N2O3.